The molecule has 0 saturated heterocycles. The molecule has 1 aromatic heterocycles. The van der Waals surface area contributed by atoms with E-state index in [1.165, 1.54) is 40.2 Å². The summed E-state index contributed by atoms with van der Waals surface area (Å²) in [6.45, 7) is 3.26. The second-order valence-corrected chi connectivity index (χ2v) is 8.51. The maximum absolute atomic E-state index is 4.94. The van der Waals surface area contributed by atoms with Crippen LogP contribution in [0.4, 0.5) is 0 Å². The van der Waals surface area contributed by atoms with Gasteiger partial charge in [0.2, 0.25) is 0 Å². The van der Waals surface area contributed by atoms with Gasteiger partial charge in [0.15, 0.2) is 0 Å². The third-order valence-electron chi connectivity index (χ3n) is 5.40. The molecule has 1 aliphatic carbocycles. The van der Waals surface area contributed by atoms with Crippen LogP contribution in [0.15, 0.2) is 23.2 Å². The molecule has 23 heavy (non-hydrogen) atoms. The zero-order valence-electron chi connectivity index (χ0n) is 14.2. The van der Waals surface area contributed by atoms with Gasteiger partial charge in [-0.15, -0.1) is 11.3 Å². The average Bonchev–Trinajstić information content (AvgIpc) is 2.88. The van der Waals surface area contributed by atoms with Gasteiger partial charge in [-0.3, -0.25) is 4.99 Å². The Morgan fingerprint density at radius 3 is 2.74 bits per heavy atom. The third kappa shape index (κ3) is 2.94. The Morgan fingerprint density at radius 2 is 2.04 bits per heavy atom. The number of aliphatic imine (C=N–C) groups is 1. The number of rotatable bonds is 3. The predicted molar refractivity (Wildman–Crippen MR) is 98.9 cm³/mol. The second kappa shape index (κ2) is 5.99. The summed E-state index contributed by atoms with van der Waals surface area (Å²) >= 11 is 1.88. The van der Waals surface area contributed by atoms with Crippen LogP contribution in [0.1, 0.15) is 49.1 Å². The summed E-state index contributed by atoms with van der Waals surface area (Å²) in [5.41, 5.74) is 3.72. The van der Waals surface area contributed by atoms with Crippen LogP contribution in [0.5, 0.6) is 0 Å². The van der Waals surface area contributed by atoms with Crippen LogP contribution in [-0.2, 0) is 0 Å². The van der Waals surface area contributed by atoms with Gasteiger partial charge >= 0.3 is 0 Å². The highest BCUT2D eigenvalue weighted by Crippen LogP contribution is 2.42. The van der Waals surface area contributed by atoms with E-state index in [1.54, 1.807) is 0 Å². The highest BCUT2D eigenvalue weighted by Gasteiger charge is 2.33. The van der Waals surface area contributed by atoms with E-state index >= 15 is 0 Å². The molecular weight excluding hydrogens is 302 g/mol. The Kier molecular flexibility index (Phi) is 3.98. The Bertz CT molecular complexity index is 740. The minimum absolute atomic E-state index is 0.663. The molecule has 4 heteroatoms. The Morgan fingerprint density at radius 1 is 1.22 bits per heavy atom. The fourth-order valence-electron chi connectivity index (χ4n) is 3.57. The molecule has 1 unspecified atom stereocenters. The van der Waals surface area contributed by atoms with Crippen LogP contribution in [0.25, 0.3) is 10.2 Å². The van der Waals surface area contributed by atoms with Crippen molar-refractivity contribution in [3.63, 3.8) is 0 Å². The molecule has 2 aliphatic rings. The summed E-state index contributed by atoms with van der Waals surface area (Å²) in [6, 6.07) is 7.48. The summed E-state index contributed by atoms with van der Waals surface area (Å²) in [7, 11) is 4.36. The number of benzene rings is 1. The first-order chi connectivity index (χ1) is 11.1. The molecule has 122 valence electrons. The lowest BCUT2D eigenvalue weighted by atomic mass is 9.80. The Hall–Kier alpha value is -1.26. The van der Waals surface area contributed by atoms with E-state index in [1.807, 2.05) is 11.3 Å². The lowest BCUT2D eigenvalue weighted by Gasteiger charge is -2.38. The van der Waals surface area contributed by atoms with Crippen LogP contribution in [0.3, 0.4) is 0 Å². The monoisotopic (exact) mass is 327 g/mol. The van der Waals surface area contributed by atoms with E-state index in [2.05, 4.69) is 44.1 Å². The highest BCUT2D eigenvalue weighted by molar-refractivity contribution is 7.18. The molecule has 1 aliphatic heterocycles. The van der Waals surface area contributed by atoms with Crippen LogP contribution < -0.4 is 0 Å². The van der Waals surface area contributed by atoms with Crippen molar-refractivity contribution in [2.45, 2.75) is 44.6 Å². The lowest BCUT2D eigenvalue weighted by molar-refractivity contribution is 0.166. The van der Waals surface area contributed by atoms with Gasteiger partial charge in [0.05, 0.1) is 15.2 Å². The maximum Gasteiger partial charge on any atom is 0.0970 e. The van der Waals surface area contributed by atoms with Crippen LogP contribution in [0.2, 0.25) is 0 Å². The number of nitrogens with zero attached hydrogens (tertiary/aromatic N) is 3. The van der Waals surface area contributed by atoms with Crippen LogP contribution in [0, 0.1) is 5.92 Å². The molecule has 3 nitrogen and oxygen atoms in total. The zero-order valence-corrected chi connectivity index (χ0v) is 15.1. The van der Waals surface area contributed by atoms with Crippen molar-refractivity contribution in [2.75, 3.05) is 20.6 Å². The number of thiazole rings is 1. The van der Waals surface area contributed by atoms with E-state index in [0.717, 1.165) is 30.4 Å². The van der Waals surface area contributed by atoms with Gasteiger partial charge in [-0.05, 0) is 63.4 Å². The van der Waals surface area contributed by atoms with Gasteiger partial charge in [-0.1, -0.05) is 13.0 Å². The molecule has 0 bridgehead atoms. The minimum Gasteiger partial charge on any atom is -0.306 e. The molecule has 1 aromatic carbocycles. The van der Waals surface area contributed by atoms with Crippen LogP contribution >= 0.6 is 11.3 Å². The average molecular weight is 327 g/mol. The maximum atomic E-state index is 4.94. The summed E-state index contributed by atoms with van der Waals surface area (Å²) in [5, 5.41) is 1.33. The summed E-state index contributed by atoms with van der Waals surface area (Å²) in [5.74, 6) is 1.40. The van der Waals surface area contributed by atoms with Gasteiger partial charge in [0.25, 0.3) is 0 Å². The highest BCUT2D eigenvalue weighted by atomic mass is 32.1. The fraction of sp³-hybridized carbons (Fsp3) is 0.579. The Balaban J connectivity index is 1.56. The topological polar surface area (TPSA) is 28.5 Å². The normalized spacial score (nSPS) is 28.0. The standard InChI is InChI=1S/C19H25N3S/c1-12-4-6-16(20-11-12)13-5-7-18-17(10-13)21-19(23-18)14-8-15(9-14)22(2)3/h5,7,10,12,14-15H,4,6,8-9,11H2,1-3H3. The largest absolute Gasteiger partial charge is 0.306 e. The first-order valence-corrected chi connectivity index (χ1v) is 9.52. The molecule has 2 aromatic rings. The first-order valence-electron chi connectivity index (χ1n) is 8.71. The smallest absolute Gasteiger partial charge is 0.0970 e. The van der Waals surface area contributed by atoms with E-state index in [0.29, 0.717) is 5.92 Å². The van der Waals surface area contributed by atoms with Gasteiger partial charge in [0.1, 0.15) is 0 Å². The van der Waals surface area contributed by atoms with Crippen molar-refractivity contribution in [3.05, 3.63) is 28.8 Å². The molecule has 1 atom stereocenters. The fourth-order valence-corrected chi connectivity index (χ4v) is 4.64. The van der Waals surface area contributed by atoms with Crippen molar-refractivity contribution in [3.8, 4) is 0 Å². The van der Waals surface area contributed by atoms with Crippen LogP contribution in [-0.4, -0.2) is 42.3 Å². The zero-order chi connectivity index (χ0) is 16.0. The van der Waals surface area contributed by atoms with E-state index in [9.17, 15) is 0 Å². The number of fused-ring (bicyclic) bond motifs is 1. The molecule has 2 heterocycles. The van der Waals surface area contributed by atoms with Gasteiger partial charge in [-0.25, -0.2) is 4.98 Å². The number of hydrogen-bond donors (Lipinski definition) is 0. The SMILES string of the molecule is CC1CCC(c2ccc3sc(C4CC(N(C)C)C4)nc3c2)=NC1. The van der Waals surface area contributed by atoms with Crippen molar-refractivity contribution in [1.29, 1.82) is 0 Å². The molecule has 0 N–H and O–H groups in total. The third-order valence-corrected chi connectivity index (χ3v) is 6.60. The lowest BCUT2D eigenvalue weighted by Crippen LogP contribution is -2.39. The molecule has 0 radical (unpaired) electrons. The second-order valence-electron chi connectivity index (χ2n) is 7.45. The van der Waals surface area contributed by atoms with Gasteiger partial charge < -0.3 is 4.90 Å². The van der Waals surface area contributed by atoms with E-state index in [4.69, 9.17) is 9.98 Å². The summed E-state index contributed by atoms with van der Waals surface area (Å²) in [4.78, 5) is 12.1. The van der Waals surface area contributed by atoms with E-state index in [-0.39, 0.29) is 0 Å². The molecular formula is C19H25N3S. The molecule has 1 fully saturated rings. The molecule has 4 rings (SSSR count). The number of hydrogen-bond acceptors (Lipinski definition) is 4. The van der Waals surface area contributed by atoms with Gasteiger partial charge in [-0.2, -0.15) is 0 Å². The van der Waals surface area contributed by atoms with E-state index < -0.39 is 0 Å². The Labute approximate surface area is 142 Å². The minimum atomic E-state index is 0.663. The first kappa shape index (κ1) is 15.3. The van der Waals surface area contributed by atoms with Crippen molar-refractivity contribution in [2.24, 2.45) is 10.9 Å². The molecule has 0 amide bonds. The summed E-state index contributed by atoms with van der Waals surface area (Å²) < 4.78 is 1.32. The number of aromatic nitrogens is 1. The van der Waals surface area contributed by atoms with Gasteiger partial charge in [0, 0.05) is 24.2 Å². The summed E-state index contributed by atoms with van der Waals surface area (Å²) in [6.07, 6.45) is 4.87. The van der Waals surface area contributed by atoms with Crippen molar-refractivity contribution in [1.82, 2.24) is 9.88 Å². The molecule has 1 saturated carbocycles. The van der Waals surface area contributed by atoms with Crippen molar-refractivity contribution >= 4 is 27.3 Å². The molecule has 0 spiro atoms. The predicted octanol–water partition coefficient (Wildman–Crippen LogP) is 4.32. The quantitative estimate of drug-likeness (QED) is 0.840. The van der Waals surface area contributed by atoms with Crippen molar-refractivity contribution < 1.29 is 0 Å².